The van der Waals surface area contributed by atoms with Gasteiger partial charge >= 0.3 is 0 Å². The van der Waals surface area contributed by atoms with Crippen molar-refractivity contribution in [1.29, 1.82) is 0 Å². The average molecular weight is 292 g/mol. The molecule has 1 saturated carbocycles. The lowest BCUT2D eigenvalue weighted by Gasteiger charge is -2.35. The van der Waals surface area contributed by atoms with Gasteiger partial charge < -0.3 is 15.0 Å². The first-order valence-corrected chi connectivity index (χ1v) is 7.87. The summed E-state index contributed by atoms with van der Waals surface area (Å²) in [6, 6.07) is 8.50. The Labute approximate surface area is 127 Å². The summed E-state index contributed by atoms with van der Waals surface area (Å²) < 4.78 is 5.24. The topological polar surface area (TPSA) is 24.5 Å². The van der Waals surface area contributed by atoms with Crippen molar-refractivity contribution in [2.75, 3.05) is 19.0 Å². The molecule has 1 aromatic carbocycles. The van der Waals surface area contributed by atoms with Crippen molar-refractivity contribution < 1.29 is 4.74 Å². The number of rotatable bonds is 4. The molecule has 0 aromatic heterocycles. The Bertz CT molecular complexity index is 444. The van der Waals surface area contributed by atoms with Gasteiger partial charge in [0, 0.05) is 24.3 Å². The summed E-state index contributed by atoms with van der Waals surface area (Å²) in [4.78, 5) is 2.33. The van der Waals surface area contributed by atoms with E-state index >= 15 is 0 Å². The van der Waals surface area contributed by atoms with Crippen molar-refractivity contribution in [3.8, 4) is 5.75 Å². The molecule has 0 radical (unpaired) electrons. The molecule has 0 aliphatic heterocycles. The zero-order valence-electron chi connectivity index (χ0n) is 12.4. The van der Waals surface area contributed by atoms with Crippen LogP contribution in [0.3, 0.4) is 0 Å². The van der Waals surface area contributed by atoms with Crippen LogP contribution in [0.25, 0.3) is 0 Å². The zero-order valence-corrected chi connectivity index (χ0v) is 13.2. The molecule has 0 amide bonds. The number of methoxy groups -OCH3 is 1. The third-order valence-corrected chi connectivity index (χ3v) is 4.27. The van der Waals surface area contributed by atoms with Gasteiger partial charge in [-0.05, 0) is 44.1 Å². The normalized spacial score (nSPS) is 15.7. The van der Waals surface area contributed by atoms with Crippen molar-refractivity contribution in [2.24, 2.45) is 0 Å². The van der Waals surface area contributed by atoms with E-state index in [1.165, 1.54) is 32.1 Å². The van der Waals surface area contributed by atoms with Crippen LogP contribution < -0.4 is 10.1 Å². The largest absolute Gasteiger partial charge is 0.497 e. The standard InChI is InChI=1S/C16H24N2OS/c1-3-18(14-9-5-4-6-10-14)16(20)17-13-8-7-11-15(12-13)19-2/h7-8,11-12,14H,3-6,9-10H2,1-2H3,(H,17,20). The minimum atomic E-state index is 0.597. The lowest BCUT2D eigenvalue weighted by Crippen LogP contribution is -2.43. The SMILES string of the molecule is CCN(C(=S)Nc1cccc(OC)c1)C1CCCCC1. The van der Waals surface area contributed by atoms with Crippen LogP contribution in [0.1, 0.15) is 39.0 Å². The fraction of sp³-hybridized carbons (Fsp3) is 0.562. The quantitative estimate of drug-likeness (QED) is 0.846. The lowest BCUT2D eigenvalue weighted by atomic mass is 9.94. The predicted octanol–water partition coefficient (Wildman–Crippen LogP) is 4.05. The molecule has 0 atom stereocenters. The molecule has 110 valence electrons. The van der Waals surface area contributed by atoms with Crippen LogP contribution in [0.2, 0.25) is 0 Å². The Hall–Kier alpha value is -1.29. The van der Waals surface area contributed by atoms with E-state index in [0.29, 0.717) is 6.04 Å². The number of hydrogen-bond acceptors (Lipinski definition) is 2. The number of nitrogens with zero attached hydrogens (tertiary/aromatic N) is 1. The zero-order chi connectivity index (χ0) is 14.4. The number of nitrogens with one attached hydrogen (secondary N) is 1. The van der Waals surface area contributed by atoms with Gasteiger partial charge in [0.25, 0.3) is 0 Å². The van der Waals surface area contributed by atoms with Crippen LogP contribution in [0.5, 0.6) is 5.75 Å². The Kier molecular flexibility index (Phi) is 5.65. The van der Waals surface area contributed by atoms with Gasteiger partial charge in [-0.25, -0.2) is 0 Å². The van der Waals surface area contributed by atoms with Crippen LogP contribution in [-0.4, -0.2) is 29.7 Å². The van der Waals surface area contributed by atoms with E-state index in [2.05, 4.69) is 17.1 Å². The highest BCUT2D eigenvalue weighted by atomic mass is 32.1. The molecule has 0 bridgehead atoms. The molecular weight excluding hydrogens is 268 g/mol. The number of anilines is 1. The molecule has 1 fully saturated rings. The fourth-order valence-electron chi connectivity index (χ4n) is 2.86. The third kappa shape index (κ3) is 3.85. The van der Waals surface area contributed by atoms with Gasteiger partial charge in [-0.15, -0.1) is 0 Å². The Morgan fingerprint density at radius 1 is 1.35 bits per heavy atom. The molecule has 0 unspecified atom stereocenters. The van der Waals surface area contributed by atoms with Gasteiger partial charge in [-0.3, -0.25) is 0 Å². The summed E-state index contributed by atoms with van der Waals surface area (Å²) in [6.45, 7) is 3.13. The smallest absolute Gasteiger partial charge is 0.173 e. The van der Waals surface area contributed by atoms with Crippen LogP contribution in [0, 0.1) is 0 Å². The average Bonchev–Trinajstić information content (AvgIpc) is 2.49. The summed E-state index contributed by atoms with van der Waals surface area (Å²) in [5.41, 5.74) is 0.989. The lowest BCUT2D eigenvalue weighted by molar-refractivity contribution is 0.255. The number of ether oxygens (including phenoxy) is 1. The summed E-state index contributed by atoms with van der Waals surface area (Å²) in [6.07, 6.45) is 6.53. The van der Waals surface area contributed by atoms with E-state index in [4.69, 9.17) is 17.0 Å². The minimum Gasteiger partial charge on any atom is -0.497 e. The van der Waals surface area contributed by atoms with Crippen LogP contribution in [-0.2, 0) is 0 Å². The van der Waals surface area contributed by atoms with Crippen molar-refractivity contribution in [1.82, 2.24) is 4.90 Å². The molecule has 2 rings (SSSR count). The molecule has 1 aromatic rings. The maximum atomic E-state index is 5.59. The Morgan fingerprint density at radius 3 is 2.75 bits per heavy atom. The molecule has 20 heavy (non-hydrogen) atoms. The molecule has 4 heteroatoms. The summed E-state index contributed by atoms with van der Waals surface area (Å²) in [7, 11) is 1.68. The summed E-state index contributed by atoms with van der Waals surface area (Å²) >= 11 is 5.59. The van der Waals surface area contributed by atoms with E-state index in [9.17, 15) is 0 Å². The maximum absolute atomic E-state index is 5.59. The van der Waals surface area contributed by atoms with Gasteiger partial charge in [0.2, 0.25) is 0 Å². The van der Waals surface area contributed by atoms with Gasteiger partial charge in [0.15, 0.2) is 5.11 Å². The van der Waals surface area contributed by atoms with Gasteiger partial charge in [-0.1, -0.05) is 25.3 Å². The number of benzene rings is 1. The molecule has 0 saturated heterocycles. The van der Waals surface area contributed by atoms with Crippen molar-refractivity contribution in [3.63, 3.8) is 0 Å². The summed E-state index contributed by atoms with van der Waals surface area (Å²) in [5.74, 6) is 0.846. The van der Waals surface area contributed by atoms with E-state index in [1.54, 1.807) is 7.11 Å². The number of thiocarbonyl (C=S) groups is 1. The fourth-order valence-corrected chi connectivity index (χ4v) is 3.25. The second kappa shape index (κ2) is 7.48. The molecule has 1 aliphatic carbocycles. The molecular formula is C16H24N2OS. The summed E-state index contributed by atoms with van der Waals surface area (Å²) in [5, 5.41) is 4.17. The highest BCUT2D eigenvalue weighted by molar-refractivity contribution is 7.80. The Morgan fingerprint density at radius 2 is 2.10 bits per heavy atom. The second-order valence-electron chi connectivity index (χ2n) is 5.24. The van der Waals surface area contributed by atoms with Crippen molar-refractivity contribution in [3.05, 3.63) is 24.3 Å². The second-order valence-corrected chi connectivity index (χ2v) is 5.63. The maximum Gasteiger partial charge on any atom is 0.173 e. The third-order valence-electron chi connectivity index (χ3n) is 3.94. The predicted molar refractivity (Wildman–Crippen MR) is 88.5 cm³/mol. The van der Waals surface area contributed by atoms with Crippen LogP contribution >= 0.6 is 12.2 Å². The first kappa shape index (κ1) is 15.1. The molecule has 3 nitrogen and oxygen atoms in total. The van der Waals surface area contributed by atoms with E-state index in [-0.39, 0.29) is 0 Å². The Balaban J connectivity index is 2.00. The highest BCUT2D eigenvalue weighted by Gasteiger charge is 2.21. The van der Waals surface area contributed by atoms with E-state index in [1.807, 2.05) is 24.3 Å². The molecule has 1 aliphatic rings. The molecule has 0 heterocycles. The van der Waals surface area contributed by atoms with E-state index in [0.717, 1.165) is 23.1 Å². The first-order valence-electron chi connectivity index (χ1n) is 7.46. The van der Waals surface area contributed by atoms with Gasteiger partial charge in [-0.2, -0.15) is 0 Å². The van der Waals surface area contributed by atoms with Gasteiger partial charge in [0.05, 0.1) is 7.11 Å². The van der Waals surface area contributed by atoms with Crippen LogP contribution in [0.4, 0.5) is 5.69 Å². The van der Waals surface area contributed by atoms with Crippen LogP contribution in [0.15, 0.2) is 24.3 Å². The number of hydrogen-bond donors (Lipinski definition) is 1. The van der Waals surface area contributed by atoms with Crippen molar-refractivity contribution in [2.45, 2.75) is 45.1 Å². The first-order chi connectivity index (χ1) is 9.74. The van der Waals surface area contributed by atoms with Crippen molar-refractivity contribution >= 4 is 23.0 Å². The highest BCUT2D eigenvalue weighted by Crippen LogP contribution is 2.24. The minimum absolute atomic E-state index is 0.597. The molecule has 0 spiro atoms. The van der Waals surface area contributed by atoms with E-state index < -0.39 is 0 Å². The monoisotopic (exact) mass is 292 g/mol. The molecule has 1 N–H and O–H groups in total. The van der Waals surface area contributed by atoms with Gasteiger partial charge in [0.1, 0.15) is 5.75 Å².